The number of thioether (sulfide) groups is 1. The zero-order valence-electron chi connectivity index (χ0n) is 17.0. The van der Waals surface area contributed by atoms with Crippen molar-refractivity contribution in [3.05, 3.63) is 50.6 Å². The van der Waals surface area contributed by atoms with E-state index in [9.17, 15) is 22.8 Å². The number of thiophene rings is 1. The second-order valence-electron chi connectivity index (χ2n) is 6.72. The third-order valence-electron chi connectivity index (χ3n) is 4.58. The molecule has 0 radical (unpaired) electrons. The molecule has 0 spiro atoms. The summed E-state index contributed by atoms with van der Waals surface area (Å²) in [7, 11) is 1.52. The number of ether oxygens (including phenoxy) is 1. The van der Waals surface area contributed by atoms with Crippen LogP contribution in [0.3, 0.4) is 0 Å². The molecule has 2 aromatic heterocycles. The number of nitrogens with one attached hydrogen (secondary N) is 1. The summed E-state index contributed by atoms with van der Waals surface area (Å²) in [6.07, 6.45) is -4.50. The molecular weight excluding hydrogens is 451 g/mol. The molecule has 3 rings (SSSR count). The molecule has 0 atom stereocenters. The van der Waals surface area contributed by atoms with Gasteiger partial charge in [-0.3, -0.25) is 14.2 Å². The quantitative estimate of drug-likeness (QED) is 0.407. The van der Waals surface area contributed by atoms with Crippen LogP contribution in [0, 0.1) is 13.8 Å². The predicted octanol–water partition coefficient (Wildman–Crippen LogP) is 4.47. The fourth-order valence-corrected chi connectivity index (χ4v) is 4.79. The monoisotopic (exact) mass is 471 g/mol. The van der Waals surface area contributed by atoms with Crippen LogP contribution in [0.5, 0.6) is 0 Å². The first-order valence-corrected chi connectivity index (χ1v) is 11.0. The van der Waals surface area contributed by atoms with Gasteiger partial charge < -0.3 is 10.1 Å². The first-order valence-electron chi connectivity index (χ1n) is 9.21. The lowest BCUT2D eigenvalue weighted by molar-refractivity contribution is -0.137. The third-order valence-corrected chi connectivity index (χ3v) is 6.66. The number of anilines is 1. The largest absolute Gasteiger partial charge is 0.416 e. The summed E-state index contributed by atoms with van der Waals surface area (Å²) < 4.78 is 45.1. The number of carbonyl (C=O) groups is 1. The maximum atomic E-state index is 13.0. The van der Waals surface area contributed by atoms with Gasteiger partial charge in [0.05, 0.1) is 29.9 Å². The van der Waals surface area contributed by atoms with Crippen LogP contribution in [0.25, 0.3) is 10.2 Å². The van der Waals surface area contributed by atoms with Crippen molar-refractivity contribution < 1.29 is 22.7 Å². The number of halogens is 3. The second-order valence-corrected chi connectivity index (χ2v) is 8.87. The first-order chi connectivity index (χ1) is 14.6. The van der Waals surface area contributed by atoms with Gasteiger partial charge in [-0.25, -0.2) is 4.98 Å². The highest BCUT2D eigenvalue weighted by molar-refractivity contribution is 7.99. The van der Waals surface area contributed by atoms with Gasteiger partial charge in [0, 0.05) is 17.7 Å². The number of rotatable bonds is 7. The van der Waals surface area contributed by atoms with Crippen molar-refractivity contribution in [2.45, 2.75) is 31.7 Å². The van der Waals surface area contributed by atoms with E-state index < -0.39 is 17.6 Å². The number of carbonyl (C=O) groups excluding carboxylic acids is 1. The average molecular weight is 472 g/mol. The highest BCUT2D eigenvalue weighted by atomic mass is 32.2. The van der Waals surface area contributed by atoms with E-state index in [1.165, 1.54) is 35.1 Å². The lowest BCUT2D eigenvalue weighted by Gasteiger charge is -2.12. The average Bonchev–Trinajstić information content (AvgIpc) is 2.99. The van der Waals surface area contributed by atoms with Crippen molar-refractivity contribution in [3.8, 4) is 0 Å². The summed E-state index contributed by atoms with van der Waals surface area (Å²) in [6.45, 7) is 4.34. The number of hydrogen-bond acceptors (Lipinski definition) is 6. The minimum atomic E-state index is -4.50. The smallest absolute Gasteiger partial charge is 0.383 e. The van der Waals surface area contributed by atoms with Crippen molar-refractivity contribution in [1.82, 2.24) is 9.55 Å². The number of alkyl halides is 3. The van der Waals surface area contributed by atoms with Gasteiger partial charge in [-0.15, -0.1) is 11.3 Å². The Labute approximate surface area is 184 Å². The van der Waals surface area contributed by atoms with Gasteiger partial charge in [0.1, 0.15) is 4.83 Å². The fourth-order valence-electron chi connectivity index (χ4n) is 2.90. The molecule has 11 heteroatoms. The zero-order valence-corrected chi connectivity index (χ0v) is 18.6. The third kappa shape index (κ3) is 5.28. The predicted molar refractivity (Wildman–Crippen MR) is 116 cm³/mol. The maximum absolute atomic E-state index is 13.0. The molecule has 0 aliphatic rings. The topological polar surface area (TPSA) is 73.2 Å². The molecule has 31 heavy (non-hydrogen) atoms. The van der Waals surface area contributed by atoms with Crippen LogP contribution >= 0.6 is 23.1 Å². The first kappa shape index (κ1) is 23.3. The number of methoxy groups -OCH3 is 1. The van der Waals surface area contributed by atoms with Crippen molar-refractivity contribution in [1.29, 1.82) is 0 Å². The molecule has 0 unspecified atom stereocenters. The van der Waals surface area contributed by atoms with Crippen molar-refractivity contribution in [2.75, 3.05) is 24.8 Å². The molecule has 3 aromatic rings. The molecule has 0 saturated carbocycles. The fraction of sp³-hybridized carbons (Fsp3) is 0.350. The Balaban J connectivity index is 1.81. The van der Waals surface area contributed by atoms with E-state index in [4.69, 9.17) is 4.74 Å². The Kier molecular flexibility index (Phi) is 7.07. The van der Waals surface area contributed by atoms with Gasteiger partial charge in [-0.1, -0.05) is 17.8 Å². The highest BCUT2D eigenvalue weighted by Crippen LogP contribution is 2.31. The molecule has 166 valence electrons. The van der Waals surface area contributed by atoms with Crippen LogP contribution in [-0.2, 0) is 22.3 Å². The molecule has 0 saturated heterocycles. The Morgan fingerprint density at radius 3 is 2.74 bits per heavy atom. The summed E-state index contributed by atoms with van der Waals surface area (Å²) in [5, 5.41) is 3.36. The molecule has 1 aromatic carbocycles. The van der Waals surface area contributed by atoms with Crippen LogP contribution in [-0.4, -0.2) is 34.9 Å². The van der Waals surface area contributed by atoms with Crippen LogP contribution < -0.4 is 10.9 Å². The van der Waals surface area contributed by atoms with E-state index in [-0.39, 0.29) is 23.5 Å². The van der Waals surface area contributed by atoms with Gasteiger partial charge in [0.15, 0.2) is 5.16 Å². The van der Waals surface area contributed by atoms with Crippen LogP contribution in [0.4, 0.5) is 18.9 Å². The van der Waals surface area contributed by atoms with Gasteiger partial charge in [-0.05, 0) is 37.6 Å². The minimum Gasteiger partial charge on any atom is -0.383 e. The number of aryl methyl sites for hydroxylation is 2. The molecule has 0 bridgehead atoms. The normalized spacial score (nSPS) is 11.8. The summed E-state index contributed by atoms with van der Waals surface area (Å²) in [4.78, 5) is 31.5. The lowest BCUT2D eigenvalue weighted by Crippen LogP contribution is -2.26. The molecule has 0 aliphatic heterocycles. The molecule has 1 amide bonds. The Morgan fingerprint density at radius 2 is 2.06 bits per heavy atom. The van der Waals surface area contributed by atoms with E-state index in [0.29, 0.717) is 22.0 Å². The Hall–Kier alpha value is -2.37. The zero-order chi connectivity index (χ0) is 22.8. The van der Waals surface area contributed by atoms with E-state index in [2.05, 4.69) is 10.3 Å². The van der Waals surface area contributed by atoms with E-state index in [1.807, 2.05) is 13.8 Å². The van der Waals surface area contributed by atoms with Gasteiger partial charge in [0.2, 0.25) is 5.91 Å². The van der Waals surface area contributed by atoms with Crippen LogP contribution in [0.2, 0.25) is 0 Å². The van der Waals surface area contributed by atoms with Gasteiger partial charge >= 0.3 is 6.18 Å². The standard InChI is InChI=1S/C20H20F3N3O3S2/c1-11-12(2)31-17-16(11)18(28)26(7-8-29-3)19(25-17)30-10-15(27)24-14-6-4-5-13(9-14)20(21,22)23/h4-6,9H,7-8,10H2,1-3H3,(H,24,27). The van der Waals surface area contributed by atoms with E-state index in [1.54, 1.807) is 0 Å². The van der Waals surface area contributed by atoms with Gasteiger partial charge in [0.25, 0.3) is 5.56 Å². The number of benzene rings is 1. The Bertz CT molecular complexity index is 1170. The number of amides is 1. The number of aromatic nitrogens is 2. The van der Waals surface area contributed by atoms with Crippen LogP contribution in [0.1, 0.15) is 16.0 Å². The summed E-state index contributed by atoms with van der Waals surface area (Å²) in [5.41, 5.74) is -0.126. The van der Waals surface area contributed by atoms with E-state index in [0.717, 1.165) is 34.3 Å². The highest BCUT2D eigenvalue weighted by Gasteiger charge is 2.30. The minimum absolute atomic E-state index is 0.0464. The summed E-state index contributed by atoms with van der Waals surface area (Å²) in [5.74, 6) is -0.625. The summed E-state index contributed by atoms with van der Waals surface area (Å²) >= 11 is 2.45. The molecule has 6 nitrogen and oxygen atoms in total. The molecule has 0 fully saturated rings. The molecular formula is C20H20F3N3O3S2. The van der Waals surface area contributed by atoms with Crippen molar-refractivity contribution in [3.63, 3.8) is 0 Å². The second kappa shape index (κ2) is 9.41. The van der Waals surface area contributed by atoms with E-state index >= 15 is 0 Å². The number of hydrogen-bond donors (Lipinski definition) is 1. The van der Waals surface area contributed by atoms with Gasteiger partial charge in [-0.2, -0.15) is 13.2 Å². The molecule has 1 N–H and O–H groups in total. The van der Waals surface area contributed by atoms with Crippen molar-refractivity contribution in [2.24, 2.45) is 0 Å². The van der Waals surface area contributed by atoms with Crippen molar-refractivity contribution >= 4 is 44.9 Å². The summed E-state index contributed by atoms with van der Waals surface area (Å²) in [6, 6.07) is 4.42. The molecule has 2 heterocycles. The number of fused-ring (bicyclic) bond motifs is 1. The van der Waals surface area contributed by atoms with Crippen LogP contribution in [0.15, 0.2) is 34.2 Å². The number of nitrogens with zero attached hydrogens (tertiary/aromatic N) is 2. The molecule has 0 aliphatic carbocycles. The SMILES string of the molecule is COCCn1c(SCC(=O)Nc2cccc(C(F)(F)F)c2)nc2sc(C)c(C)c2c1=O. The maximum Gasteiger partial charge on any atom is 0.416 e. The lowest BCUT2D eigenvalue weighted by atomic mass is 10.2. The Morgan fingerprint density at radius 1 is 1.32 bits per heavy atom.